The van der Waals surface area contributed by atoms with Crippen LogP contribution < -0.4 is 0 Å². The maximum Gasteiger partial charge on any atom is 0.169 e. The zero-order chi connectivity index (χ0) is 23.6. The Balaban J connectivity index is 1.26. The molecule has 34 heavy (non-hydrogen) atoms. The fraction of sp³-hybridized carbons (Fsp3) is 0.903. The largest absolute Gasteiger partial charge is 0.347 e. The van der Waals surface area contributed by atoms with E-state index in [2.05, 4.69) is 20.8 Å². The molecule has 190 valence electrons. The molecule has 1 heterocycles. The van der Waals surface area contributed by atoms with Crippen molar-refractivity contribution in [2.24, 2.45) is 39.9 Å². The average molecular weight is 469 g/mol. The number of ether oxygens (including phenoxy) is 2. The highest BCUT2D eigenvalue weighted by Gasteiger charge is 2.64. The second-order valence-corrected chi connectivity index (χ2v) is 13.9. The van der Waals surface area contributed by atoms with Crippen molar-refractivity contribution < 1.29 is 14.3 Å². The molecule has 1 aliphatic heterocycles. The monoisotopic (exact) mass is 468 g/mol. The molecule has 6 rings (SSSR count). The second-order valence-electron chi connectivity index (χ2n) is 13.9. The van der Waals surface area contributed by atoms with Gasteiger partial charge in [-0.3, -0.25) is 0 Å². The molecule has 1 saturated heterocycles. The third-order valence-corrected chi connectivity index (χ3v) is 12.5. The van der Waals surface area contributed by atoms with Crippen LogP contribution in [0.15, 0.2) is 11.1 Å². The third-order valence-electron chi connectivity index (χ3n) is 12.5. The maximum atomic E-state index is 12.8. The Morgan fingerprint density at radius 2 is 1.71 bits per heavy atom. The normalized spacial score (nSPS) is 45.0. The molecule has 4 fully saturated rings. The maximum absolute atomic E-state index is 12.8. The van der Waals surface area contributed by atoms with Crippen molar-refractivity contribution in [3.63, 3.8) is 0 Å². The van der Waals surface area contributed by atoms with Gasteiger partial charge in [0.15, 0.2) is 5.79 Å². The van der Waals surface area contributed by atoms with Crippen LogP contribution in [0.1, 0.15) is 117 Å². The van der Waals surface area contributed by atoms with Gasteiger partial charge in [0.25, 0.3) is 0 Å². The summed E-state index contributed by atoms with van der Waals surface area (Å²) in [6.45, 7) is 9.06. The van der Waals surface area contributed by atoms with Gasteiger partial charge in [0, 0.05) is 23.7 Å². The van der Waals surface area contributed by atoms with E-state index in [1.807, 2.05) is 0 Å². The zero-order valence-corrected chi connectivity index (χ0v) is 22.1. The van der Waals surface area contributed by atoms with E-state index in [1.165, 1.54) is 70.5 Å². The molecule has 0 unspecified atom stereocenters. The summed E-state index contributed by atoms with van der Waals surface area (Å²) in [5, 5.41) is 0. The Morgan fingerprint density at radius 3 is 2.44 bits per heavy atom. The highest BCUT2D eigenvalue weighted by atomic mass is 16.7. The molecular weight excluding hydrogens is 420 g/mol. The molecule has 0 aromatic carbocycles. The first-order valence-electron chi connectivity index (χ1n) is 14.8. The Bertz CT molecular complexity index is 834. The first-order valence-corrected chi connectivity index (χ1v) is 14.8. The van der Waals surface area contributed by atoms with Gasteiger partial charge in [0.05, 0.1) is 13.2 Å². The fourth-order valence-electron chi connectivity index (χ4n) is 10.6. The van der Waals surface area contributed by atoms with Gasteiger partial charge in [0.1, 0.15) is 6.29 Å². The third kappa shape index (κ3) is 3.38. The van der Waals surface area contributed by atoms with Crippen molar-refractivity contribution in [1.82, 2.24) is 0 Å². The first kappa shape index (κ1) is 23.7. The minimum atomic E-state index is -0.491. The van der Waals surface area contributed by atoms with Crippen molar-refractivity contribution in [3.05, 3.63) is 11.1 Å². The molecule has 0 N–H and O–H groups in total. The van der Waals surface area contributed by atoms with Crippen molar-refractivity contribution in [2.45, 2.75) is 123 Å². The van der Waals surface area contributed by atoms with Crippen LogP contribution in [0.3, 0.4) is 0 Å². The van der Waals surface area contributed by atoms with Crippen LogP contribution in [0, 0.1) is 39.9 Å². The number of carbonyl (C=O) groups is 1. The molecule has 3 nitrogen and oxygen atoms in total. The smallest absolute Gasteiger partial charge is 0.169 e. The van der Waals surface area contributed by atoms with Gasteiger partial charge in [-0.25, -0.2) is 0 Å². The zero-order valence-electron chi connectivity index (χ0n) is 22.1. The van der Waals surface area contributed by atoms with Gasteiger partial charge < -0.3 is 14.3 Å². The number of rotatable bonds is 4. The lowest BCUT2D eigenvalue weighted by Gasteiger charge is -2.60. The van der Waals surface area contributed by atoms with E-state index in [1.54, 1.807) is 11.1 Å². The van der Waals surface area contributed by atoms with Crippen LogP contribution in [-0.4, -0.2) is 25.3 Å². The standard InChI is InChI=1S/C31H48O3/c1-22(19-23-7-5-4-6-8-23)25-9-10-26-24-11-14-30(21-32)20-31(33-17-18-34-31)16-15-29(30,3)27(24)12-13-28(25,26)2/h21-23,25-26H,4-20H2,1-3H3/t22-,25-,26+,28-,29-,30-/m1/s1. The first-order chi connectivity index (χ1) is 16.3. The molecule has 3 saturated carbocycles. The van der Waals surface area contributed by atoms with Crippen LogP contribution in [0.25, 0.3) is 0 Å². The van der Waals surface area contributed by atoms with E-state index in [4.69, 9.17) is 9.47 Å². The topological polar surface area (TPSA) is 35.5 Å². The fourth-order valence-corrected chi connectivity index (χ4v) is 10.6. The lowest BCUT2D eigenvalue weighted by atomic mass is 9.45. The van der Waals surface area contributed by atoms with E-state index in [0.717, 1.165) is 55.8 Å². The van der Waals surface area contributed by atoms with Crippen LogP contribution in [-0.2, 0) is 14.3 Å². The Morgan fingerprint density at radius 1 is 0.941 bits per heavy atom. The number of allylic oxidation sites excluding steroid dienone is 2. The van der Waals surface area contributed by atoms with E-state index in [0.29, 0.717) is 18.6 Å². The quantitative estimate of drug-likeness (QED) is 0.314. The highest BCUT2D eigenvalue weighted by Crippen LogP contribution is 2.70. The molecule has 6 aliphatic rings. The molecule has 1 spiro atoms. The van der Waals surface area contributed by atoms with Gasteiger partial charge in [-0.1, -0.05) is 64.0 Å². The van der Waals surface area contributed by atoms with Gasteiger partial charge in [-0.2, -0.15) is 0 Å². The molecule has 6 atom stereocenters. The molecule has 5 aliphatic carbocycles. The predicted octanol–water partition coefficient (Wildman–Crippen LogP) is 7.63. The Hall–Kier alpha value is -0.670. The summed E-state index contributed by atoms with van der Waals surface area (Å²) < 4.78 is 12.3. The molecular formula is C31H48O3. The predicted molar refractivity (Wildman–Crippen MR) is 135 cm³/mol. The number of fused-ring (bicyclic) bond motifs is 4. The van der Waals surface area contributed by atoms with Crippen molar-refractivity contribution in [1.29, 1.82) is 0 Å². The van der Waals surface area contributed by atoms with Crippen LogP contribution in [0.5, 0.6) is 0 Å². The van der Waals surface area contributed by atoms with Gasteiger partial charge in [-0.15, -0.1) is 0 Å². The van der Waals surface area contributed by atoms with Gasteiger partial charge >= 0.3 is 0 Å². The lowest BCUT2D eigenvalue weighted by Crippen LogP contribution is -2.57. The van der Waals surface area contributed by atoms with Crippen molar-refractivity contribution >= 4 is 6.29 Å². The number of aldehydes is 1. The number of carbonyl (C=O) groups excluding carboxylic acids is 1. The van der Waals surface area contributed by atoms with Crippen molar-refractivity contribution in [2.75, 3.05) is 13.2 Å². The van der Waals surface area contributed by atoms with Crippen LogP contribution in [0.4, 0.5) is 0 Å². The minimum absolute atomic E-state index is 0.00395. The summed E-state index contributed by atoms with van der Waals surface area (Å²) in [7, 11) is 0. The molecule has 0 aromatic rings. The molecule has 3 heteroatoms. The van der Waals surface area contributed by atoms with E-state index in [-0.39, 0.29) is 10.8 Å². The van der Waals surface area contributed by atoms with Crippen molar-refractivity contribution in [3.8, 4) is 0 Å². The lowest BCUT2D eigenvalue weighted by molar-refractivity contribution is -0.223. The highest BCUT2D eigenvalue weighted by molar-refractivity contribution is 5.65. The number of hydrogen-bond donors (Lipinski definition) is 0. The Kier molecular flexibility index (Phi) is 5.88. The summed E-state index contributed by atoms with van der Waals surface area (Å²) in [5.41, 5.74) is 3.65. The summed E-state index contributed by atoms with van der Waals surface area (Å²) in [6, 6.07) is 0. The van der Waals surface area contributed by atoms with E-state index in [9.17, 15) is 4.79 Å². The van der Waals surface area contributed by atoms with E-state index < -0.39 is 5.79 Å². The Labute approximate surface area is 207 Å². The summed E-state index contributed by atoms with van der Waals surface area (Å²) >= 11 is 0. The molecule has 0 radical (unpaired) electrons. The van der Waals surface area contributed by atoms with Crippen LogP contribution in [0.2, 0.25) is 0 Å². The number of hydrogen-bond acceptors (Lipinski definition) is 3. The summed E-state index contributed by atoms with van der Waals surface area (Å²) in [4.78, 5) is 12.8. The summed E-state index contributed by atoms with van der Waals surface area (Å²) in [6.07, 6.45) is 20.4. The van der Waals surface area contributed by atoms with E-state index >= 15 is 0 Å². The summed E-state index contributed by atoms with van der Waals surface area (Å²) in [5.74, 6) is 3.00. The SMILES string of the molecule is C[C@H](CC1CCCCC1)[C@H]1CC[C@H]2C3=C(CC[C@]12C)[C@@]1(C)CCC2(C[C@@]1(C=O)CC3)OCCO2. The molecule has 0 amide bonds. The van der Waals surface area contributed by atoms with Crippen LogP contribution >= 0.6 is 0 Å². The minimum Gasteiger partial charge on any atom is -0.347 e. The molecule has 0 aromatic heterocycles. The van der Waals surface area contributed by atoms with Gasteiger partial charge in [0.2, 0.25) is 0 Å². The average Bonchev–Trinajstić information content (AvgIpc) is 3.44. The second kappa shape index (κ2) is 8.44. The van der Waals surface area contributed by atoms with Gasteiger partial charge in [-0.05, 0) is 80.5 Å². The molecule has 0 bridgehead atoms.